The number of carbonyl (C=O) groups is 4. The minimum absolute atomic E-state index is 0.00169. The molecule has 2 N–H and O–H groups in total. The topological polar surface area (TPSA) is 180 Å². The maximum absolute atomic E-state index is 12.6. The van der Waals surface area contributed by atoms with Crippen LogP contribution in [-0.4, -0.2) is 63.5 Å². The Bertz CT molecular complexity index is 1140. The molecule has 2 heterocycles. The summed E-state index contributed by atoms with van der Waals surface area (Å²) in [5.41, 5.74) is -1.77. The highest BCUT2D eigenvalue weighted by molar-refractivity contribution is 5.68. The van der Waals surface area contributed by atoms with Crippen molar-refractivity contribution in [2.24, 2.45) is 0 Å². The number of rotatable bonds is 9. The molecule has 0 radical (unpaired) electrons. The first-order valence-electron chi connectivity index (χ1n) is 10.7. The predicted octanol–water partition coefficient (Wildman–Crippen LogP) is -0.143. The van der Waals surface area contributed by atoms with E-state index in [1.54, 1.807) is 0 Å². The van der Waals surface area contributed by atoms with Crippen LogP contribution in [0, 0.1) is 11.8 Å². The number of H-pyrrole nitrogens is 1. The summed E-state index contributed by atoms with van der Waals surface area (Å²) in [6.07, 6.45) is -2.60. The van der Waals surface area contributed by atoms with E-state index in [2.05, 4.69) is 16.8 Å². The van der Waals surface area contributed by atoms with Crippen LogP contribution in [0.1, 0.15) is 58.2 Å². The number of hydrogen-bond donors (Lipinski definition) is 2. The fraction of sp³-hybridized carbons (Fsp3) is 0.545. The molecule has 13 heteroatoms. The smallest absolute Gasteiger partial charge is 0.330 e. The maximum Gasteiger partial charge on any atom is 0.330 e. The van der Waals surface area contributed by atoms with Crippen LogP contribution in [0.15, 0.2) is 15.8 Å². The van der Waals surface area contributed by atoms with Gasteiger partial charge in [0.05, 0.1) is 0 Å². The number of nitrogens with one attached hydrogen (secondary N) is 1. The van der Waals surface area contributed by atoms with E-state index in [0.29, 0.717) is 19.3 Å². The highest BCUT2D eigenvalue weighted by Crippen LogP contribution is 2.33. The third-order valence-electron chi connectivity index (χ3n) is 4.75. The number of esters is 3. The Kier molecular flexibility index (Phi) is 9.77. The van der Waals surface area contributed by atoms with E-state index in [1.807, 2.05) is 0 Å². The van der Waals surface area contributed by atoms with Gasteiger partial charge in [0.15, 0.2) is 18.4 Å². The van der Waals surface area contributed by atoms with Crippen LogP contribution in [0.3, 0.4) is 0 Å². The van der Waals surface area contributed by atoms with Crippen LogP contribution in [0.25, 0.3) is 0 Å². The lowest BCUT2D eigenvalue weighted by molar-refractivity contribution is -0.166. The van der Waals surface area contributed by atoms with Crippen molar-refractivity contribution in [2.45, 2.75) is 71.0 Å². The zero-order valence-corrected chi connectivity index (χ0v) is 19.4. The lowest BCUT2D eigenvalue weighted by atomic mass is 10.1. The fourth-order valence-electron chi connectivity index (χ4n) is 3.33. The lowest BCUT2D eigenvalue weighted by Crippen LogP contribution is -2.42. The molecule has 1 fully saturated rings. The summed E-state index contributed by atoms with van der Waals surface area (Å²) < 4.78 is 22.2. The summed E-state index contributed by atoms with van der Waals surface area (Å²) in [5.74, 6) is 2.33. The molecule has 0 spiro atoms. The van der Waals surface area contributed by atoms with Crippen molar-refractivity contribution in [3.63, 3.8) is 0 Å². The molecule has 0 saturated carbocycles. The highest BCUT2D eigenvalue weighted by atomic mass is 16.7. The third-order valence-corrected chi connectivity index (χ3v) is 4.75. The van der Waals surface area contributed by atoms with Gasteiger partial charge in [-0.3, -0.25) is 33.5 Å². The van der Waals surface area contributed by atoms with Crippen molar-refractivity contribution in [2.75, 3.05) is 6.61 Å². The molecule has 0 unspecified atom stereocenters. The molecule has 13 nitrogen and oxygen atoms in total. The Hall–Kier alpha value is -3.92. The van der Waals surface area contributed by atoms with Crippen LogP contribution in [0.2, 0.25) is 0 Å². The van der Waals surface area contributed by atoms with Gasteiger partial charge in [-0.1, -0.05) is 11.8 Å². The molecule has 1 saturated heterocycles. The Labute approximate surface area is 199 Å². The van der Waals surface area contributed by atoms with Gasteiger partial charge in [0, 0.05) is 39.8 Å². The van der Waals surface area contributed by atoms with Crippen LogP contribution < -0.4 is 11.2 Å². The summed E-state index contributed by atoms with van der Waals surface area (Å²) in [4.78, 5) is 72.1. The zero-order chi connectivity index (χ0) is 26.1. The normalized spacial score (nSPS) is 20.9. The van der Waals surface area contributed by atoms with E-state index in [4.69, 9.17) is 24.1 Å². The molecule has 1 aliphatic heterocycles. The third kappa shape index (κ3) is 8.11. The van der Waals surface area contributed by atoms with Gasteiger partial charge in [0.2, 0.25) is 0 Å². The second-order valence-electron chi connectivity index (χ2n) is 7.63. The minimum atomic E-state index is -1.34. The number of nitrogens with zero attached hydrogens (tertiary/aromatic N) is 1. The SMILES string of the molecule is CC(=O)OC[C@H]1O[C@@H](n2cc(C#CCCCCC(=O)O)c(=O)[nH]c2=O)[C@@H](OC(C)=O)[C@@H]1OC(C)=O. The van der Waals surface area contributed by atoms with Gasteiger partial charge in [0.25, 0.3) is 5.56 Å². The molecule has 1 aliphatic rings. The average molecular weight is 494 g/mol. The highest BCUT2D eigenvalue weighted by Gasteiger charge is 2.51. The van der Waals surface area contributed by atoms with Crippen LogP contribution in [0.5, 0.6) is 0 Å². The molecule has 1 aromatic rings. The first-order valence-corrected chi connectivity index (χ1v) is 10.7. The molecule has 0 aromatic carbocycles. The average Bonchev–Trinajstić information content (AvgIpc) is 3.06. The van der Waals surface area contributed by atoms with Gasteiger partial charge in [-0.25, -0.2) is 4.79 Å². The number of aliphatic carboxylic acids is 1. The van der Waals surface area contributed by atoms with E-state index in [9.17, 15) is 28.8 Å². The standard InChI is InChI=1S/C22H26N2O11/c1-12(25)32-11-16-18(33-13(2)26)19(34-14(3)27)21(35-16)24-10-15(20(30)23-22(24)31)8-6-4-5-7-9-17(28)29/h10,16,18-19,21H,4-5,7,9,11H2,1-3H3,(H,28,29)(H,23,30,31)/t16-,18-,19+,21-/m1/s1. The van der Waals surface area contributed by atoms with Gasteiger partial charge in [-0.2, -0.15) is 0 Å². The monoisotopic (exact) mass is 494 g/mol. The van der Waals surface area contributed by atoms with E-state index in [1.165, 1.54) is 0 Å². The molecule has 2 rings (SSSR count). The van der Waals surface area contributed by atoms with E-state index in [-0.39, 0.29) is 18.6 Å². The Morgan fingerprint density at radius 2 is 1.71 bits per heavy atom. The first-order chi connectivity index (χ1) is 16.5. The molecular weight excluding hydrogens is 468 g/mol. The number of unbranched alkanes of at least 4 members (excludes halogenated alkanes) is 2. The quantitative estimate of drug-likeness (QED) is 0.202. The number of carboxylic acid groups (broad SMARTS) is 1. The van der Waals surface area contributed by atoms with E-state index < -0.39 is 59.7 Å². The molecule has 35 heavy (non-hydrogen) atoms. The summed E-state index contributed by atoms with van der Waals surface area (Å²) >= 11 is 0. The van der Waals surface area contributed by atoms with Gasteiger partial charge in [-0.05, 0) is 12.8 Å². The van der Waals surface area contributed by atoms with Crippen LogP contribution in [-0.2, 0) is 38.1 Å². The second kappa shape index (κ2) is 12.5. The van der Waals surface area contributed by atoms with Gasteiger partial charge >= 0.3 is 29.6 Å². The molecule has 0 bridgehead atoms. The minimum Gasteiger partial charge on any atom is -0.481 e. The Morgan fingerprint density at radius 3 is 2.31 bits per heavy atom. The fourth-order valence-corrected chi connectivity index (χ4v) is 3.33. The summed E-state index contributed by atoms with van der Waals surface area (Å²) in [6.45, 7) is 3.04. The zero-order valence-electron chi connectivity index (χ0n) is 19.4. The van der Waals surface area contributed by atoms with E-state index in [0.717, 1.165) is 31.5 Å². The number of aromatic nitrogens is 2. The van der Waals surface area contributed by atoms with Gasteiger partial charge in [0.1, 0.15) is 18.3 Å². The number of carboxylic acids is 1. The predicted molar refractivity (Wildman–Crippen MR) is 116 cm³/mol. The van der Waals surface area contributed by atoms with Crippen molar-refractivity contribution in [3.05, 3.63) is 32.6 Å². The molecule has 190 valence electrons. The molecule has 1 aromatic heterocycles. The lowest BCUT2D eigenvalue weighted by Gasteiger charge is -2.23. The van der Waals surface area contributed by atoms with E-state index >= 15 is 0 Å². The van der Waals surface area contributed by atoms with Crippen molar-refractivity contribution < 1.29 is 43.2 Å². The van der Waals surface area contributed by atoms with Gasteiger partial charge < -0.3 is 24.1 Å². The van der Waals surface area contributed by atoms with Crippen molar-refractivity contribution >= 4 is 23.9 Å². The van der Waals surface area contributed by atoms with Crippen molar-refractivity contribution in [1.82, 2.24) is 9.55 Å². The van der Waals surface area contributed by atoms with Crippen LogP contribution >= 0.6 is 0 Å². The molecule has 0 amide bonds. The summed E-state index contributed by atoms with van der Waals surface area (Å²) in [7, 11) is 0. The maximum atomic E-state index is 12.6. The number of ether oxygens (including phenoxy) is 4. The molecule has 4 atom stereocenters. The van der Waals surface area contributed by atoms with Crippen molar-refractivity contribution in [3.8, 4) is 11.8 Å². The Balaban J connectivity index is 2.38. The number of carbonyl (C=O) groups excluding carboxylic acids is 3. The first kappa shape index (κ1) is 27.3. The summed E-state index contributed by atoms with van der Waals surface area (Å²) in [6, 6.07) is 0. The van der Waals surface area contributed by atoms with Gasteiger partial charge in [-0.15, -0.1) is 0 Å². The number of hydrogen-bond acceptors (Lipinski definition) is 10. The largest absolute Gasteiger partial charge is 0.481 e. The Morgan fingerprint density at radius 1 is 1.06 bits per heavy atom. The molecular formula is C22H26N2O11. The molecule has 0 aliphatic carbocycles. The number of aromatic amines is 1. The van der Waals surface area contributed by atoms with Crippen LogP contribution in [0.4, 0.5) is 0 Å². The van der Waals surface area contributed by atoms with Crippen molar-refractivity contribution in [1.29, 1.82) is 0 Å². The summed E-state index contributed by atoms with van der Waals surface area (Å²) in [5, 5.41) is 8.66. The second-order valence-corrected chi connectivity index (χ2v) is 7.63.